The molecule has 0 saturated carbocycles. The van der Waals surface area contributed by atoms with E-state index < -0.39 is 42.4 Å². The minimum Gasteiger partial charge on any atom is -0.756 e. The van der Waals surface area contributed by atoms with Crippen molar-refractivity contribution in [2.45, 2.75) is 129 Å². The highest BCUT2D eigenvalue weighted by molar-refractivity contribution is 7.66. The number of anilines is 2. The fraction of sp³-hybridized carbons (Fsp3) is 0.473. The van der Waals surface area contributed by atoms with Crippen LogP contribution in [0, 0.1) is 11.8 Å². The van der Waals surface area contributed by atoms with Crippen LogP contribution in [0.2, 0.25) is 0 Å². The Kier molecular flexibility index (Phi) is 16.6. The number of benzene rings is 3. The number of fused-ring (bicyclic) bond motifs is 5. The third kappa shape index (κ3) is 12.2. The molecule has 2 aromatic heterocycles. The van der Waals surface area contributed by atoms with Crippen molar-refractivity contribution in [2.24, 2.45) is 0 Å². The van der Waals surface area contributed by atoms with Crippen LogP contribution in [0.25, 0.3) is 16.6 Å². The molecule has 22 nitrogen and oxygen atoms in total. The lowest BCUT2D eigenvalue weighted by Gasteiger charge is -2.47. The summed E-state index contributed by atoms with van der Waals surface area (Å²) in [4.78, 5) is 79.4. The first-order valence-corrected chi connectivity index (χ1v) is 31.2. The summed E-state index contributed by atoms with van der Waals surface area (Å²) in [5.41, 5.74) is 13.9. The first kappa shape index (κ1) is 58.9. The summed E-state index contributed by atoms with van der Waals surface area (Å²) in [6, 6.07) is 16.8. The maximum atomic E-state index is 14.7. The van der Waals surface area contributed by atoms with Gasteiger partial charge in [-0.3, -0.25) is 18.7 Å². The van der Waals surface area contributed by atoms with Crippen LogP contribution in [-0.2, 0) is 36.4 Å². The number of nitrogen functional groups attached to an aromatic ring is 1. The molecule has 0 spiro atoms. The Morgan fingerprint density at radius 2 is 1.70 bits per heavy atom. The van der Waals surface area contributed by atoms with E-state index in [0.717, 1.165) is 59.3 Å². The maximum absolute atomic E-state index is 14.7. The van der Waals surface area contributed by atoms with Crippen molar-refractivity contribution in [3.05, 3.63) is 105 Å². The van der Waals surface area contributed by atoms with E-state index in [1.54, 1.807) is 22.7 Å². The monoisotopic (exact) mass is 1160 g/mol. The highest BCUT2D eigenvalue weighted by Crippen LogP contribution is 2.65. The number of phosphoric acid groups is 3. The van der Waals surface area contributed by atoms with Crippen LogP contribution in [0.4, 0.5) is 11.5 Å². The summed E-state index contributed by atoms with van der Waals surface area (Å²) in [5.74, 6) is 7.75. The van der Waals surface area contributed by atoms with Crippen molar-refractivity contribution >= 4 is 63.4 Å². The topological polar surface area (TPSA) is 293 Å². The SMILES string of the molecule is CCN1c2cc3c(cc2C(C)CC1(C)C)C(c1ccccc1C(=O)N(C)CCCC(=O)NCC#Cc1cn([C@H]2CC[C@@H](COP(=O)(O)OP(=O)(O)OP(=O)([O-])O)O2)c2ncnc(N)c12)=c1cc2c(cc1O3)=[N+](CC)C(C)(C)CC2C. The minimum absolute atomic E-state index is 0.0158. The van der Waals surface area contributed by atoms with Gasteiger partial charge >= 0.3 is 15.6 Å². The number of nitrogens with two attached hydrogens (primary N) is 1. The maximum Gasteiger partial charge on any atom is 0.487 e. The van der Waals surface area contributed by atoms with E-state index in [4.69, 9.17) is 24.6 Å². The molecule has 80 heavy (non-hydrogen) atoms. The van der Waals surface area contributed by atoms with Crippen LogP contribution in [-0.4, -0.2) is 103 Å². The molecule has 4 aliphatic rings. The zero-order valence-electron chi connectivity index (χ0n) is 46.3. The predicted octanol–water partition coefficient (Wildman–Crippen LogP) is 6.68. The van der Waals surface area contributed by atoms with E-state index in [9.17, 15) is 38.0 Å². The number of nitrogens with one attached hydrogen (secondary N) is 1. The fourth-order valence-corrected chi connectivity index (χ4v) is 15.3. The Hall–Kier alpha value is -5.78. The zero-order chi connectivity index (χ0) is 57.9. The van der Waals surface area contributed by atoms with Crippen LogP contribution in [0.5, 0.6) is 11.5 Å². The average Bonchev–Trinajstić information content (AvgIpc) is 4.07. The smallest absolute Gasteiger partial charge is 0.487 e. The number of aromatic nitrogens is 3. The van der Waals surface area contributed by atoms with Crippen LogP contribution >= 0.6 is 23.5 Å². The largest absolute Gasteiger partial charge is 0.756 e. The summed E-state index contributed by atoms with van der Waals surface area (Å²) in [6.45, 7) is 19.5. The molecule has 5 unspecified atom stereocenters. The second-order valence-electron chi connectivity index (χ2n) is 22.1. The van der Waals surface area contributed by atoms with Crippen LogP contribution in [0.15, 0.2) is 61.1 Å². The van der Waals surface area contributed by atoms with Crippen molar-refractivity contribution in [3.63, 3.8) is 0 Å². The highest BCUT2D eigenvalue weighted by Gasteiger charge is 2.42. The third-order valence-electron chi connectivity index (χ3n) is 15.5. The number of rotatable bonds is 17. The molecule has 1 saturated heterocycles. The molecule has 6 N–H and O–H groups in total. The first-order chi connectivity index (χ1) is 37.6. The Labute approximate surface area is 464 Å². The van der Waals surface area contributed by atoms with E-state index >= 15 is 0 Å². The van der Waals surface area contributed by atoms with Gasteiger partial charge < -0.3 is 54.5 Å². The Morgan fingerprint density at radius 3 is 2.42 bits per heavy atom. The number of hydrogen-bond donors (Lipinski definition) is 5. The van der Waals surface area contributed by atoms with Gasteiger partial charge in [0.25, 0.3) is 13.7 Å². The second-order valence-corrected chi connectivity index (χ2v) is 26.5. The van der Waals surface area contributed by atoms with Gasteiger partial charge in [0.2, 0.25) is 11.3 Å². The molecular formula is C55H69N8O14P3. The number of carbonyl (C=O) groups is 2. The van der Waals surface area contributed by atoms with Crippen LogP contribution in [0.1, 0.15) is 150 Å². The summed E-state index contributed by atoms with van der Waals surface area (Å²) < 4.78 is 64.1. The zero-order valence-corrected chi connectivity index (χ0v) is 49.0. The quantitative estimate of drug-likeness (QED) is 0.0361. The van der Waals surface area contributed by atoms with Crippen molar-refractivity contribution in [3.8, 4) is 23.3 Å². The van der Waals surface area contributed by atoms with E-state index in [-0.39, 0.29) is 59.9 Å². The summed E-state index contributed by atoms with van der Waals surface area (Å²) in [5, 5.41) is 5.37. The standard InChI is InChI=1S/C55H69N8O14P3/c1-10-62-43-26-45-41(24-39(43)33(3)28-54(62,5)6)50(42-25-40-34(4)29-55(7,8)63(11-2)44(40)27-46(42)75-45)37-17-12-13-18-38(37)53(65)60(9)23-15-19-47(64)57-22-14-16-35-30-61(52-49(35)51(56)58-32-59-52)48-21-20-36(74-48)31-73-79(69,70)77-80(71,72)76-78(66,67)68/h12-13,17-18,24-27,30,32-34,36,48H,10-11,15,19-23,28-29,31H2,1-9H3,(H6-,56,57,58,59,64,66,67,68,69,70,71,72)/t33?,34?,36-,48+/m0/s1. The third-order valence-corrected chi connectivity index (χ3v) is 19.3. The lowest BCUT2D eigenvalue weighted by molar-refractivity contribution is -0.212. The van der Waals surface area contributed by atoms with Gasteiger partial charge in [-0.25, -0.2) is 28.0 Å². The Bertz CT molecular complexity index is 3650. The van der Waals surface area contributed by atoms with Gasteiger partial charge in [0.15, 0.2) is 5.54 Å². The number of ether oxygens (including phenoxy) is 2. The number of amides is 2. The van der Waals surface area contributed by atoms with Crippen molar-refractivity contribution in [1.82, 2.24) is 29.3 Å². The summed E-state index contributed by atoms with van der Waals surface area (Å²) in [6.07, 6.45) is 4.43. The fourth-order valence-electron chi connectivity index (χ4n) is 12.3. The van der Waals surface area contributed by atoms with Crippen molar-refractivity contribution < 1.29 is 65.5 Å². The van der Waals surface area contributed by atoms with Gasteiger partial charge in [-0.05, 0) is 108 Å². The molecule has 9 rings (SSSR count). The number of hydrogen-bond acceptors (Lipinski definition) is 15. The molecular weight excluding hydrogens is 1090 g/mol. The van der Waals surface area contributed by atoms with Crippen LogP contribution in [0.3, 0.4) is 0 Å². The molecule has 428 valence electrons. The molecule has 1 fully saturated rings. The van der Waals surface area contributed by atoms with E-state index in [1.807, 2.05) is 24.3 Å². The molecule has 5 aromatic rings. The lowest BCUT2D eigenvalue weighted by Crippen LogP contribution is -2.52. The lowest BCUT2D eigenvalue weighted by atomic mass is 9.77. The molecule has 0 radical (unpaired) electrons. The summed E-state index contributed by atoms with van der Waals surface area (Å²) >= 11 is 0. The molecule has 25 heteroatoms. The van der Waals surface area contributed by atoms with Gasteiger partial charge in [-0.1, -0.05) is 43.9 Å². The van der Waals surface area contributed by atoms with Crippen molar-refractivity contribution in [2.75, 3.05) is 50.5 Å². The Balaban J connectivity index is 0.888. The molecule has 4 aliphatic heterocycles. The van der Waals surface area contributed by atoms with Crippen molar-refractivity contribution in [1.29, 1.82) is 0 Å². The van der Waals surface area contributed by atoms with Gasteiger partial charge in [0.1, 0.15) is 42.1 Å². The number of phosphoric ester groups is 1. The number of nitrogens with zero attached hydrogens (tertiary/aromatic N) is 6. The van der Waals surface area contributed by atoms with Gasteiger partial charge in [-0.2, -0.15) is 4.31 Å². The number of carbonyl (C=O) groups excluding carboxylic acids is 2. The molecule has 6 heterocycles. The first-order valence-electron chi connectivity index (χ1n) is 26.7. The molecule has 7 atom stereocenters. The molecule has 2 amide bonds. The second kappa shape index (κ2) is 22.5. The molecule has 3 aromatic carbocycles. The van der Waals surface area contributed by atoms with E-state index in [0.29, 0.717) is 41.5 Å². The summed E-state index contributed by atoms with van der Waals surface area (Å²) in [7, 11) is -15.2. The van der Waals surface area contributed by atoms with Crippen LogP contribution < -0.4 is 40.7 Å². The normalized spacial score (nSPS) is 22.0. The van der Waals surface area contributed by atoms with E-state index in [1.165, 1.54) is 28.5 Å². The van der Waals surface area contributed by atoms with Gasteiger partial charge in [0, 0.05) is 84.0 Å². The van der Waals surface area contributed by atoms with E-state index in [2.05, 4.69) is 125 Å². The predicted molar refractivity (Wildman–Crippen MR) is 298 cm³/mol. The molecule has 0 aliphatic carbocycles. The minimum atomic E-state index is -5.81. The molecule has 0 bridgehead atoms. The Morgan fingerprint density at radius 1 is 0.963 bits per heavy atom. The highest BCUT2D eigenvalue weighted by atomic mass is 31.3. The average molecular weight is 1160 g/mol. The van der Waals surface area contributed by atoms with Gasteiger partial charge in [-0.15, -0.1) is 0 Å². The van der Waals surface area contributed by atoms with Gasteiger partial charge in [0.05, 0.1) is 36.3 Å².